The number of likely N-dealkylation sites (N-methyl/N-ethyl adjacent to an activating group) is 1. The van der Waals surface area contributed by atoms with E-state index in [-0.39, 0.29) is 5.91 Å². The first-order chi connectivity index (χ1) is 11.4. The number of nitrogens with zero attached hydrogens (tertiary/aromatic N) is 3. The monoisotopic (exact) mass is 346 g/mol. The van der Waals surface area contributed by atoms with Gasteiger partial charge in [-0.3, -0.25) is 14.3 Å². The summed E-state index contributed by atoms with van der Waals surface area (Å²) in [5, 5.41) is 2.89. The van der Waals surface area contributed by atoms with Crippen molar-refractivity contribution in [1.82, 2.24) is 19.4 Å². The Labute approximate surface area is 148 Å². The van der Waals surface area contributed by atoms with Crippen LogP contribution in [0.1, 0.15) is 24.5 Å². The van der Waals surface area contributed by atoms with Crippen molar-refractivity contribution in [1.29, 1.82) is 0 Å². The van der Waals surface area contributed by atoms with Gasteiger partial charge in [0.05, 0.1) is 18.9 Å². The van der Waals surface area contributed by atoms with E-state index in [1.807, 2.05) is 40.4 Å². The van der Waals surface area contributed by atoms with Gasteiger partial charge in [0.1, 0.15) is 0 Å². The smallest absolute Gasteiger partial charge is 0.234 e. The molecule has 1 aromatic carbocycles. The van der Waals surface area contributed by atoms with Crippen molar-refractivity contribution >= 4 is 18.1 Å². The van der Waals surface area contributed by atoms with Gasteiger partial charge in [-0.05, 0) is 51.2 Å². The minimum Gasteiger partial charge on any atom is -0.355 e. The standard InChI is InChI=1S/C18H26N4OS/c1-5-8-19-17(23)12-20(4)13-21-9-10-22(18(21)24)16-7-6-14(2)11-15(16)3/h6-7,9-11H,5,8,12-13H2,1-4H3,(H,19,23). The summed E-state index contributed by atoms with van der Waals surface area (Å²) in [6, 6.07) is 6.33. The summed E-state index contributed by atoms with van der Waals surface area (Å²) in [5.41, 5.74) is 3.52. The summed E-state index contributed by atoms with van der Waals surface area (Å²) in [6.45, 7) is 7.87. The molecule has 2 rings (SSSR count). The minimum absolute atomic E-state index is 0.0414. The number of carbonyl (C=O) groups excluding carboxylic acids is 1. The number of benzene rings is 1. The molecule has 5 nitrogen and oxygen atoms in total. The number of rotatable bonds is 7. The first kappa shape index (κ1) is 18.4. The SMILES string of the molecule is CCCNC(=O)CN(C)Cn1ccn(-c2ccc(C)cc2C)c1=S. The van der Waals surface area contributed by atoms with E-state index in [2.05, 4.69) is 37.4 Å². The maximum Gasteiger partial charge on any atom is 0.234 e. The number of nitrogens with one attached hydrogen (secondary N) is 1. The lowest BCUT2D eigenvalue weighted by Gasteiger charge is -2.17. The van der Waals surface area contributed by atoms with Crippen LogP contribution in [0.2, 0.25) is 0 Å². The van der Waals surface area contributed by atoms with Crippen LogP contribution in [-0.2, 0) is 11.5 Å². The van der Waals surface area contributed by atoms with Crippen molar-refractivity contribution in [3.8, 4) is 5.69 Å². The van der Waals surface area contributed by atoms with Gasteiger partial charge in [0.15, 0.2) is 4.77 Å². The topological polar surface area (TPSA) is 42.2 Å². The highest BCUT2D eigenvalue weighted by Gasteiger charge is 2.09. The van der Waals surface area contributed by atoms with Crippen molar-refractivity contribution < 1.29 is 4.79 Å². The average Bonchev–Trinajstić information content (AvgIpc) is 2.86. The normalized spacial score (nSPS) is 11.0. The molecule has 1 N–H and O–H groups in total. The fourth-order valence-corrected chi connectivity index (χ4v) is 2.93. The van der Waals surface area contributed by atoms with Crippen molar-refractivity contribution in [3.05, 3.63) is 46.5 Å². The summed E-state index contributed by atoms with van der Waals surface area (Å²) in [5.74, 6) is 0.0414. The van der Waals surface area contributed by atoms with Crippen LogP contribution < -0.4 is 5.32 Å². The molecule has 0 aliphatic heterocycles. The van der Waals surface area contributed by atoms with Crippen molar-refractivity contribution in [3.63, 3.8) is 0 Å². The molecule has 24 heavy (non-hydrogen) atoms. The van der Waals surface area contributed by atoms with Gasteiger partial charge in [-0.15, -0.1) is 0 Å². The molecule has 0 spiro atoms. The number of amides is 1. The first-order valence-electron chi connectivity index (χ1n) is 8.23. The average molecular weight is 347 g/mol. The van der Waals surface area contributed by atoms with Crippen molar-refractivity contribution in [2.75, 3.05) is 20.1 Å². The van der Waals surface area contributed by atoms with Crippen molar-refractivity contribution in [2.24, 2.45) is 0 Å². The molecule has 1 aromatic heterocycles. The molecule has 0 atom stereocenters. The number of carbonyl (C=O) groups is 1. The second kappa shape index (κ2) is 8.26. The molecule has 0 bridgehead atoms. The third kappa shape index (κ3) is 4.55. The molecule has 2 aromatic rings. The molecule has 130 valence electrons. The fraction of sp³-hybridized carbons (Fsp3) is 0.444. The third-order valence-electron chi connectivity index (χ3n) is 3.84. The number of hydrogen-bond donors (Lipinski definition) is 1. The molecule has 0 unspecified atom stereocenters. The molecule has 0 aliphatic carbocycles. The number of aryl methyl sites for hydroxylation is 2. The Bertz CT molecular complexity index is 763. The maximum atomic E-state index is 11.8. The number of hydrogen-bond acceptors (Lipinski definition) is 3. The lowest BCUT2D eigenvalue weighted by Crippen LogP contribution is -2.36. The second-order valence-electron chi connectivity index (χ2n) is 6.22. The molecule has 0 radical (unpaired) electrons. The van der Waals surface area contributed by atoms with Gasteiger partial charge in [0.2, 0.25) is 5.91 Å². The van der Waals surface area contributed by atoms with E-state index in [4.69, 9.17) is 12.2 Å². The van der Waals surface area contributed by atoms with Gasteiger partial charge in [-0.1, -0.05) is 24.6 Å². The van der Waals surface area contributed by atoms with E-state index >= 15 is 0 Å². The summed E-state index contributed by atoms with van der Waals surface area (Å²) in [6.07, 6.45) is 4.88. The number of aromatic nitrogens is 2. The first-order valence-corrected chi connectivity index (χ1v) is 8.64. The summed E-state index contributed by atoms with van der Waals surface area (Å²) < 4.78 is 4.71. The van der Waals surface area contributed by atoms with Crippen LogP contribution in [0.4, 0.5) is 0 Å². The highest BCUT2D eigenvalue weighted by molar-refractivity contribution is 7.71. The number of imidazole rings is 1. The Balaban J connectivity index is 2.10. The highest BCUT2D eigenvalue weighted by Crippen LogP contribution is 2.17. The van der Waals surface area contributed by atoms with Gasteiger partial charge >= 0.3 is 0 Å². The molecule has 0 saturated heterocycles. The zero-order valence-electron chi connectivity index (χ0n) is 14.9. The predicted molar refractivity (Wildman–Crippen MR) is 100.0 cm³/mol. The van der Waals surface area contributed by atoms with Crippen LogP contribution in [0.5, 0.6) is 0 Å². The van der Waals surface area contributed by atoms with E-state index < -0.39 is 0 Å². The van der Waals surface area contributed by atoms with Crippen molar-refractivity contribution in [2.45, 2.75) is 33.9 Å². The summed E-state index contributed by atoms with van der Waals surface area (Å²) >= 11 is 5.60. The Hall–Kier alpha value is -1.92. The zero-order chi connectivity index (χ0) is 17.7. The van der Waals surface area contributed by atoms with Crippen LogP contribution in [0.3, 0.4) is 0 Å². The van der Waals surface area contributed by atoms with Gasteiger partial charge < -0.3 is 9.88 Å². The largest absolute Gasteiger partial charge is 0.355 e. The zero-order valence-corrected chi connectivity index (χ0v) is 15.7. The molecule has 1 heterocycles. The van der Waals surface area contributed by atoms with Crippen LogP contribution in [0.15, 0.2) is 30.6 Å². The lowest BCUT2D eigenvalue weighted by atomic mass is 10.1. The highest BCUT2D eigenvalue weighted by atomic mass is 32.1. The third-order valence-corrected chi connectivity index (χ3v) is 4.27. The van der Waals surface area contributed by atoms with E-state index in [0.717, 1.165) is 23.4 Å². The molecular weight excluding hydrogens is 320 g/mol. The molecule has 1 amide bonds. The van der Waals surface area contributed by atoms with E-state index in [1.165, 1.54) is 11.1 Å². The van der Waals surface area contributed by atoms with E-state index in [0.29, 0.717) is 13.2 Å². The molecular formula is C18H26N4OS. The fourth-order valence-electron chi connectivity index (χ4n) is 2.66. The Morgan fingerprint density at radius 2 is 2.04 bits per heavy atom. The molecule has 0 saturated carbocycles. The van der Waals surface area contributed by atoms with Gasteiger partial charge in [-0.2, -0.15) is 0 Å². The quantitative estimate of drug-likeness (QED) is 0.784. The van der Waals surface area contributed by atoms with Crippen LogP contribution in [0, 0.1) is 18.6 Å². The van der Waals surface area contributed by atoms with Crippen LogP contribution in [0.25, 0.3) is 5.69 Å². The van der Waals surface area contributed by atoms with Crippen LogP contribution in [-0.4, -0.2) is 40.1 Å². The maximum absolute atomic E-state index is 11.8. The van der Waals surface area contributed by atoms with E-state index in [9.17, 15) is 4.79 Å². The van der Waals surface area contributed by atoms with Gasteiger partial charge in [0, 0.05) is 18.9 Å². The van der Waals surface area contributed by atoms with Crippen LogP contribution >= 0.6 is 12.2 Å². The van der Waals surface area contributed by atoms with Gasteiger partial charge in [0.25, 0.3) is 0 Å². The van der Waals surface area contributed by atoms with Gasteiger partial charge in [-0.25, -0.2) is 0 Å². The second-order valence-corrected chi connectivity index (χ2v) is 6.58. The predicted octanol–water partition coefficient (Wildman–Crippen LogP) is 3.04. The summed E-state index contributed by atoms with van der Waals surface area (Å²) in [4.78, 5) is 13.7. The minimum atomic E-state index is 0.0414. The lowest BCUT2D eigenvalue weighted by molar-refractivity contribution is -0.122. The Morgan fingerprint density at radius 1 is 1.29 bits per heavy atom. The molecule has 0 aliphatic rings. The van der Waals surface area contributed by atoms with E-state index in [1.54, 1.807) is 0 Å². The summed E-state index contributed by atoms with van der Waals surface area (Å²) in [7, 11) is 1.92. The Kier molecular flexibility index (Phi) is 6.34. The molecule has 6 heteroatoms. The molecule has 0 fully saturated rings. The Morgan fingerprint density at radius 3 is 2.71 bits per heavy atom.